The van der Waals surface area contributed by atoms with Gasteiger partial charge in [0.15, 0.2) is 0 Å². The number of halogens is 1. The van der Waals surface area contributed by atoms with Crippen LogP contribution in [0.3, 0.4) is 0 Å². The van der Waals surface area contributed by atoms with Crippen LogP contribution in [0.15, 0.2) is 14.7 Å². The van der Waals surface area contributed by atoms with Gasteiger partial charge in [0.2, 0.25) is 5.91 Å². The summed E-state index contributed by atoms with van der Waals surface area (Å²) in [5.74, 6) is -0.283. The molecule has 0 fully saturated rings. The summed E-state index contributed by atoms with van der Waals surface area (Å²) in [7, 11) is 0. The van der Waals surface area contributed by atoms with Crippen molar-refractivity contribution in [3.05, 3.63) is 32.1 Å². The van der Waals surface area contributed by atoms with Gasteiger partial charge in [0.25, 0.3) is 5.56 Å². The standard InChI is InChI=1S/C9H13N5O3.ClH/c1-5-6(8(16)13-9(17)12-5)4-11-14-7(15)2-3-10;/h4H,2-3,10H2,1H3,(H,14,15)(H2,12,13,16,17);1H. The van der Waals surface area contributed by atoms with Crippen LogP contribution in [0.25, 0.3) is 0 Å². The number of hydrazone groups is 1. The van der Waals surface area contributed by atoms with Gasteiger partial charge in [-0.05, 0) is 6.92 Å². The van der Waals surface area contributed by atoms with E-state index in [-0.39, 0.29) is 30.3 Å². The number of carbonyl (C=O) groups is 1. The fraction of sp³-hybridized carbons (Fsp3) is 0.333. The zero-order chi connectivity index (χ0) is 12.8. The van der Waals surface area contributed by atoms with Crippen molar-refractivity contribution in [2.75, 3.05) is 6.54 Å². The van der Waals surface area contributed by atoms with Gasteiger partial charge in [0.05, 0.1) is 24.7 Å². The normalized spacial score (nSPS) is 10.1. The van der Waals surface area contributed by atoms with Crippen LogP contribution in [-0.2, 0) is 4.79 Å². The van der Waals surface area contributed by atoms with Gasteiger partial charge < -0.3 is 23.1 Å². The molecule has 0 spiro atoms. The van der Waals surface area contributed by atoms with Crippen LogP contribution in [0, 0.1) is 6.92 Å². The number of nitrogens with zero attached hydrogens (tertiary/aromatic N) is 1. The largest absolute Gasteiger partial charge is 1.00 e. The number of aromatic amines is 2. The Morgan fingerprint density at radius 1 is 1.44 bits per heavy atom. The minimum atomic E-state index is -0.578. The lowest BCUT2D eigenvalue weighted by molar-refractivity contribution is -0.366. The molecule has 0 aromatic carbocycles. The third kappa shape index (κ3) is 4.52. The van der Waals surface area contributed by atoms with Gasteiger partial charge in [-0.15, -0.1) is 0 Å². The highest BCUT2D eigenvalue weighted by Gasteiger charge is 2.03. The summed E-state index contributed by atoms with van der Waals surface area (Å²) >= 11 is 0. The van der Waals surface area contributed by atoms with E-state index in [9.17, 15) is 14.4 Å². The van der Waals surface area contributed by atoms with Crippen molar-refractivity contribution >= 4 is 12.1 Å². The van der Waals surface area contributed by atoms with E-state index in [4.69, 9.17) is 0 Å². The van der Waals surface area contributed by atoms with Crippen LogP contribution >= 0.6 is 0 Å². The van der Waals surface area contributed by atoms with Crippen molar-refractivity contribution in [2.24, 2.45) is 5.10 Å². The zero-order valence-corrected chi connectivity index (χ0v) is 10.5. The van der Waals surface area contributed by atoms with E-state index in [1.165, 1.54) is 6.21 Å². The van der Waals surface area contributed by atoms with Gasteiger partial charge >= 0.3 is 5.69 Å². The highest BCUT2D eigenvalue weighted by Crippen LogP contribution is 1.89. The predicted octanol–water partition coefficient (Wildman–Crippen LogP) is -5.54. The second-order valence-corrected chi connectivity index (χ2v) is 3.34. The first-order valence-corrected chi connectivity index (χ1v) is 4.99. The maximum Gasteiger partial charge on any atom is 0.325 e. The zero-order valence-electron chi connectivity index (χ0n) is 9.75. The lowest BCUT2D eigenvalue weighted by Crippen LogP contribution is -3.00. The van der Waals surface area contributed by atoms with E-state index in [0.717, 1.165) is 0 Å². The van der Waals surface area contributed by atoms with Crippen LogP contribution in [-0.4, -0.2) is 28.6 Å². The lowest BCUT2D eigenvalue weighted by Gasteiger charge is -1.98. The molecule has 0 aliphatic carbocycles. The Bertz CT molecular complexity index is 548. The van der Waals surface area contributed by atoms with E-state index in [1.54, 1.807) is 6.92 Å². The number of aromatic nitrogens is 2. The Hall–Kier alpha value is -1.93. The second-order valence-electron chi connectivity index (χ2n) is 3.34. The first-order valence-electron chi connectivity index (χ1n) is 4.99. The fourth-order valence-corrected chi connectivity index (χ4v) is 1.15. The average Bonchev–Trinajstić information content (AvgIpc) is 2.22. The van der Waals surface area contributed by atoms with Crippen LogP contribution in [0.1, 0.15) is 17.7 Å². The molecule has 6 N–H and O–H groups in total. The Kier molecular flexibility index (Phi) is 6.61. The summed E-state index contributed by atoms with van der Waals surface area (Å²) in [4.78, 5) is 37.8. The van der Waals surface area contributed by atoms with E-state index in [2.05, 4.69) is 26.2 Å². The smallest absolute Gasteiger partial charge is 0.325 e. The van der Waals surface area contributed by atoms with E-state index in [0.29, 0.717) is 12.2 Å². The molecule has 0 radical (unpaired) electrons. The number of nitrogens with one attached hydrogen (secondary N) is 3. The summed E-state index contributed by atoms with van der Waals surface area (Å²) in [6, 6.07) is 0. The number of aryl methyl sites for hydroxylation is 1. The molecular weight excluding hydrogens is 262 g/mol. The summed E-state index contributed by atoms with van der Waals surface area (Å²) in [5, 5.41) is 3.62. The molecule has 0 unspecified atom stereocenters. The maximum atomic E-state index is 11.4. The summed E-state index contributed by atoms with van der Waals surface area (Å²) in [6.45, 7) is 2.04. The summed E-state index contributed by atoms with van der Waals surface area (Å²) < 4.78 is 0. The molecule has 100 valence electrons. The maximum absolute atomic E-state index is 11.4. The predicted molar refractivity (Wildman–Crippen MR) is 60.5 cm³/mol. The van der Waals surface area contributed by atoms with Crippen molar-refractivity contribution in [3.63, 3.8) is 0 Å². The molecule has 0 bridgehead atoms. The molecule has 0 aliphatic heterocycles. The first kappa shape index (κ1) is 16.1. The molecule has 8 nitrogen and oxygen atoms in total. The molecule has 18 heavy (non-hydrogen) atoms. The Labute approximate surface area is 108 Å². The van der Waals surface area contributed by atoms with Gasteiger partial charge in [-0.1, -0.05) is 0 Å². The Morgan fingerprint density at radius 2 is 2.11 bits per heavy atom. The number of carbonyl (C=O) groups excluding carboxylic acids is 1. The van der Waals surface area contributed by atoms with Crippen molar-refractivity contribution in [1.29, 1.82) is 0 Å². The van der Waals surface area contributed by atoms with Crippen LogP contribution in [0.2, 0.25) is 0 Å². The van der Waals surface area contributed by atoms with Gasteiger partial charge in [-0.2, -0.15) is 5.10 Å². The quantitative estimate of drug-likeness (QED) is 0.322. The molecule has 1 aromatic rings. The number of hydrogen-bond donors (Lipinski definition) is 4. The second kappa shape index (κ2) is 7.41. The third-order valence-corrected chi connectivity index (χ3v) is 1.96. The topological polar surface area (TPSA) is 135 Å². The van der Waals surface area contributed by atoms with Gasteiger partial charge in [0, 0.05) is 5.69 Å². The Morgan fingerprint density at radius 3 is 2.67 bits per heavy atom. The molecule has 0 saturated heterocycles. The number of quaternary nitrogens is 1. The summed E-state index contributed by atoms with van der Waals surface area (Å²) in [5.41, 5.74) is 5.21. The number of rotatable bonds is 4. The van der Waals surface area contributed by atoms with Crippen LogP contribution < -0.4 is 34.8 Å². The molecule has 1 amide bonds. The molecule has 9 heteroatoms. The van der Waals surface area contributed by atoms with Crippen molar-refractivity contribution in [1.82, 2.24) is 15.4 Å². The molecule has 0 saturated carbocycles. The third-order valence-electron chi connectivity index (χ3n) is 1.96. The number of amides is 1. The minimum absolute atomic E-state index is 0. The number of hydrogen-bond acceptors (Lipinski definition) is 4. The summed E-state index contributed by atoms with van der Waals surface area (Å²) in [6.07, 6.45) is 1.45. The first-order chi connectivity index (χ1) is 8.04. The lowest BCUT2D eigenvalue weighted by atomic mass is 10.2. The highest BCUT2D eigenvalue weighted by molar-refractivity contribution is 5.82. The van der Waals surface area contributed by atoms with Gasteiger partial charge in [0.1, 0.15) is 0 Å². The van der Waals surface area contributed by atoms with Crippen molar-refractivity contribution < 1.29 is 22.9 Å². The van der Waals surface area contributed by atoms with Gasteiger partial charge in [-0.3, -0.25) is 14.6 Å². The van der Waals surface area contributed by atoms with E-state index < -0.39 is 11.2 Å². The molecule has 1 heterocycles. The van der Waals surface area contributed by atoms with Gasteiger partial charge in [-0.25, -0.2) is 10.2 Å². The van der Waals surface area contributed by atoms with Crippen LogP contribution in [0.5, 0.6) is 0 Å². The molecule has 0 aliphatic rings. The average molecular weight is 276 g/mol. The fourth-order valence-electron chi connectivity index (χ4n) is 1.15. The molecular formula is C9H14ClN5O3. The molecule has 1 rings (SSSR count). The van der Waals surface area contributed by atoms with Crippen molar-refractivity contribution in [3.8, 4) is 0 Å². The monoisotopic (exact) mass is 275 g/mol. The van der Waals surface area contributed by atoms with E-state index >= 15 is 0 Å². The highest BCUT2D eigenvalue weighted by atomic mass is 35.5. The van der Waals surface area contributed by atoms with E-state index in [1.807, 2.05) is 0 Å². The van der Waals surface area contributed by atoms with Crippen LogP contribution in [0.4, 0.5) is 0 Å². The minimum Gasteiger partial charge on any atom is -1.00 e. The molecule has 1 aromatic heterocycles. The number of H-pyrrole nitrogens is 2. The SMILES string of the molecule is Cc1[nH]c(=O)[nH]c(=O)c1C=NNC(=O)CC[NH3+].[Cl-]. The van der Waals surface area contributed by atoms with Crippen molar-refractivity contribution in [2.45, 2.75) is 13.3 Å². The molecule has 0 atom stereocenters. The Balaban J connectivity index is 0.00000289.